The molecule has 1 aromatic heterocycles. The summed E-state index contributed by atoms with van der Waals surface area (Å²) in [6.45, 7) is 6.82. The summed E-state index contributed by atoms with van der Waals surface area (Å²) >= 11 is 1.63. The molecule has 1 N–H and O–H groups in total. The van der Waals surface area contributed by atoms with E-state index >= 15 is 0 Å². The first-order chi connectivity index (χ1) is 13.8. The van der Waals surface area contributed by atoms with Crippen LogP contribution in [0.2, 0.25) is 0 Å². The fraction of sp³-hybridized carbons (Fsp3) is 0.609. The van der Waals surface area contributed by atoms with E-state index in [0.717, 1.165) is 42.7 Å². The topological polar surface area (TPSA) is 66.5 Å². The van der Waals surface area contributed by atoms with Crippen LogP contribution in [0.1, 0.15) is 60.8 Å². The van der Waals surface area contributed by atoms with Gasteiger partial charge in [0.25, 0.3) is 17.7 Å². The van der Waals surface area contributed by atoms with Crippen molar-refractivity contribution in [2.45, 2.75) is 52.9 Å². The van der Waals surface area contributed by atoms with Crippen molar-refractivity contribution >= 4 is 29.1 Å². The van der Waals surface area contributed by atoms with Gasteiger partial charge in [0.05, 0.1) is 17.4 Å². The smallest absolute Gasteiger partial charge is 0.271 e. The Hall–Kier alpha value is -1.95. The Morgan fingerprint density at radius 1 is 1.07 bits per heavy atom. The Morgan fingerprint density at radius 2 is 1.69 bits per heavy atom. The molecule has 0 unspecified atom stereocenters. The standard InChI is InChI=1S/C23H28N2O3S/c1-23(2,3)14-8-9-15-16(11-29-17(15)10-14)20(26)24-25-21(27)18-12-4-5-13(7-6-12)19(18)22(25)28/h4-5,11-14,18-19H,6-10H2,1-3H3,(H,24,26)/t12-,13-,14-,18-,19-/m0/s1. The molecule has 1 saturated heterocycles. The normalized spacial score (nSPS) is 33.1. The van der Waals surface area contributed by atoms with Crippen molar-refractivity contribution in [1.82, 2.24) is 10.4 Å². The minimum Gasteiger partial charge on any atom is -0.272 e. The number of allylic oxidation sites excluding steroid dienone is 2. The van der Waals surface area contributed by atoms with Crippen LogP contribution in [0.5, 0.6) is 0 Å². The first-order valence-electron chi connectivity index (χ1n) is 10.7. The largest absolute Gasteiger partial charge is 0.272 e. The number of rotatable bonds is 2. The highest BCUT2D eigenvalue weighted by Crippen LogP contribution is 2.49. The second kappa shape index (κ2) is 6.53. The Kier molecular flexibility index (Phi) is 4.28. The van der Waals surface area contributed by atoms with E-state index in [1.165, 1.54) is 4.88 Å². The quantitative estimate of drug-likeness (QED) is 0.594. The maximum atomic E-state index is 13.0. The van der Waals surface area contributed by atoms with E-state index in [1.54, 1.807) is 11.3 Å². The first-order valence-corrected chi connectivity index (χ1v) is 11.6. The van der Waals surface area contributed by atoms with Crippen LogP contribution < -0.4 is 5.43 Å². The third kappa shape index (κ3) is 2.90. The van der Waals surface area contributed by atoms with Crippen LogP contribution in [0.25, 0.3) is 0 Å². The molecule has 6 heteroatoms. The van der Waals surface area contributed by atoms with Crippen molar-refractivity contribution in [3.05, 3.63) is 33.5 Å². The lowest BCUT2D eigenvalue weighted by molar-refractivity contribution is -0.143. The van der Waals surface area contributed by atoms with Crippen molar-refractivity contribution < 1.29 is 14.4 Å². The number of carbonyl (C=O) groups excluding carboxylic acids is 3. The van der Waals surface area contributed by atoms with Gasteiger partial charge in [0.1, 0.15) is 0 Å². The molecule has 5 aliphatic rings. The van der Waals surface area contributed by atoms with Gasteiger partial charge >= 0.3 is 0 Å². The van der Waals surface area contributed by atoms with Crippen LogP contribution in [0.4, 0.5) is 0 Å². The lowest BCUT2D eigenvalue weighted by Crippen LogP contribution is -2.47. The van der Waals surface area contributed by atoms with Gasteiger partial charge in [-0.1, -0.05) is 32.9 Å². The van der Waals surface area contributed by atoms with Crippen LogP contribution in [0, 0.1) is 35.0 Å². The Balaban J connectivity index is 1.34. The number of imide groups is 1. The van der Waals surface area contributed by atoms with Gasteiger partial charge in [-0.2, -0.15) is 5.01 Å². The molecule has 4 aliphatic carbocycles. The van der Waals surface area contributed by atoms with E-state index in [4.69, 9.17) is 0 Å². The SMILES string of the molecule is CC(C)(C)[C@H]1CCc2c(C(=O)NN3C(=O)[C@@H]4[C@@H](C3=O)[C@H]3C=C[C@H]4CC3)csc2C1. The average Bonchev–Trinajstić information content (AvgIpc) is 3.24. The summed E-state index contributed by atoms with van der Waals surface area (Å²) in [6.07, 6.45) is 9.03. The third-order valence-corrected chi connectivity index (χ3v) is 8.65. The second-order valence-corrected chi connectivity index (χ2v) is 11.1. The molecule has 5 nitrogen and oxygen atoms in total. The maximum absolute atomic E-state index is 13.0. The number of nitrogens with one attached hydrogen (secondary N) is 1. The number of hydrazine groups is 1. The fourth-order valence-electron chi connectivity index (χ4n) is 5.79. The van der Waals surface area contributed by atoms with E-state index in [9.17, 15) is 14.4 Å². The zero-order valence-corrected chi connectivity index (χ0v) is 18.1. The highest BCUT2D eigenvalue weighted by molar-refractivity contribution is 7.10. The van der Waals surface area contributed by atoms with Crippen molar-refractivity contribution in [3.63, 3.8) is 0 Å². The minimum absolute atomic E-state index is 0.131. The molecule has 0 radical (unpaired) electrons. The number of fused-ring (bicyclic) bond motifs is 2. The molecule has 1 aromatic rings. The van der Waals surface area contributed by atoms with Crippen LogP contribution in [-0.2, 0) is 22.4 Å². The van der Waals surface area contributed by atoms with Gasteiger partial charge in [0.2, 0.25) is 0 Å². The summed E-state index contributed by atoms with van der Waals surface area (Å²) in [4.78, 5) is 40.2. The summed E-state index contributed by atoms with van der Waals surface area (Å²) in [5.74, 6) is -0.507. The minimum atomic E-state index is -0.322. The van der Waals surface area contributed by atoms with E-state index < -0.39 is 0 Å². The monoisotopic (exact) mass is 412 g/mol. The van der Waals surface area contributed by atoms with Crippen molar-refractivity contribution in [1.29, 1.82) is 0 Å². The zero-order valence-electron chi connectivity index (χ0n) is 17.2. The second-order valence-electron chi connectivity index (χ2n) is 10.2. The molecule has 1 aliphatic heterocycles. The van der Waals surface area contributed by atoms with Gasteiger partial charge in [0.15, 0.2) is 0 Å². The van der Waals surface area contributed by atoms with Gasteiger partial charge in [-0.05, 0) is 60.8 Å². The van der Waals surface area contributed by atoms with Crippen LogP contribution in [0.3, 0.4) is 0 Å². The van der Waals surface area contributed by atoms with Crippen LogP contribution in [0.15, 0.2) is 17.5 Å². The summed E-state index contributed by atoms with van der Waals surface area (Å²) in [5, 5.41) is 2.93. The predicted octanol–water partition coefficient (Wildman–Crippen LogP) is 3.74. The molecule has 0 spiro atoms. The number of nitrogens with zero attached hydrogens (tertiary/aromatic N) is 1. The highest BCUT2D eigenvalue weighted by atomic mass is 32.1. The molecular weight excluding hydrogens is 384 g/mol. The molecule has 5 atom stereocenters. The summed E-state index contributed by atoms with van der Waals surface area (Å²) in [6, 6.07) is 0. The number of thiophene rings is 1. The number of hydrogen-bond acceptors (Lipinski definition) is 4. The molecule has 2 bridgehead atoms. The molecular formula is C23H28N2O3S. The van der Waals surface area contributed by atoms with Gasteiger partial charge in [-0.15, -0.1) is 11.3 Å². The van der Waals surface area contributed by atoms with E-state index in [0.29, 0.717) is 11.5 Å². The molecule has 3 amide bonds. The molecule has 154 valence electrons. The molecule has 0 aromatic carbocycles. The fourth-order valence-corrected chi connectivity index (χ4v) is 6.95. The molecule has 2 fully saturated rings. The number of hydrogen-bond donors (Lipinski definition) is 1. The van der Waals surface area contributed by atoms with E-state index in [2.05, 4.69) is 38.3 Å². The molecule has 6 rings (SSSR count). The molecule has 2 heterocycles. The maximum Gasteiger partial charge on any atom is 0.271 e. The lowest BCUT2D eigenvalue weighted by atomic mass is 9.63. The predicted molar refractivity (Wildman–Crippen MR) is 111 cm³/mol. The van der Waals surface area contributed by atoms with Gasteiger partial charge < -0.3 is 0 Å². The van der Waals surface area contributed by atoms with Crippen LogP contribution in [-0.4, -0.2) is 22.7 Å². The Morgan fingerprint density at radius 3 is 2.24 bits per heavy atom. The number of carbonyl (C=O) groups is 3. The third-order valence-electron chi connectivity index (χ3n) is 7.60. The van der Waals surface area contributed by atoms with Gasteiger partial charge in [-0.3, -0.25) is 19.8 Å². The zero-order chi connectivity index (χ0) is 20.5. The average molecular weight is 413 g/mol. The van der Waals surface area contributed by atoms with Crippen molar-refractivity contribution in [2.24, 2.45) is 35.0 Å². The van der Waals surface area contributed by atoms with Gasteiger partial charge in [0, 0.05) is 10.3 Å². The van der Waals surface area contributed by atoms with E-state index in [1.807, 2.05) is 5.38 Å². The Bertz CT molecular complexity index is 893. The van der Waals surface area contributed by atoms with Crippen LogP contribution >= 0.6 is 11.3 Å². The molecule has 29 heavy (non-hydrogen) atoms. The van der Waals surface area contributed by atoms with Crippen molar-refractivity contribution in [3.8, 4) is 0 Å². The first kappa shape index (κ1) is 19.0. The Labute approximate surface area is 175 Å². The number of amides is 3. The van der Waals surface area contributed by atoms with Gasteiger partial charge in [-0.25, -0.2) is 0 Å². The summed E-state index contributed by atoms with van der Waals surface area (Å²) < 4.78 is 0. The molecule has 1 saturated carbocycles. The van der Waals surface area contributed by atoms with Crippen molar-refractivity contribution in [2.75, 3.05) is 0 Å². The van der Waals surface area contributed by atoms with E-state index in [-0.39, 0.29) is 46.8 Å². The highest BCUT2D eigenvalue weighted by Gasteiger charge is 2.57. The summed E-state index contributed by atoms with van der Waals surface area (Å²) in [7, 11) is 0. The summed E-state index contributed by atoms with van der Waals surface area (Å²) in [5.41, 5.74) is 4.66. The lowest BCUT2D eigenvalue weighted by Gasteiger charge is -2.37.